The summed E-state index contributed by atoms with van der Waals surface area (Å²) >= 11 is 1.68. The van der Waals surface area contributed by atoms with Crippen LogP contribution in [-0.4, -0.2) is 24.6 Å². The second kappa shape index (κ2) is 5.93. The molecule has 3 heteroatoms. The maximum Gasteiger partial charge on any atom is 0.0889 e. The quantitative estimate of drug-likeness (QED) is 0.594. The summed E-state index contributed by atoms with van der Waals surface area (Å²) in [6.07, 6.45) is 0. The van der Waals surface area contributed by atoms with Crippen molar-refractivity contribution in [3.05, 3.63) is 0 Å². The van der Waals surface area contributed by atoms with E-state index < -0.39 is 0 Å². The van der Waals surface area contributed by atoms with E-state index in [9.17, 15) is 0 Å². The minimum atomic E-state index is 0.137. The summed E-state index contributed by atoms with van der Waals surface area (Å²) in [6.45, 7) is 2.90. The zero-order valence-corrected chi connectivity index (χ0v) is 6.66. The molecule has 0 amide bonds. The smallest absolute Gasteiger partial charge is 0.0889 e. The Kier molecular flexibility index (Phi) is 5.80. The van der Waals surface area contributed by atoms with Crippen LogP contribution in [0.3, 0.4) is 0 Å². The molecule has 0 rings (SSSR count). The number of hydrogen-bond donors (Lipinski definition) is 1. The van der Waals surface area contributed by atoms with E-state index in [0.717, 1.165) is 12.3 Å². The van der Waals surface area contributed by atoms with Gasteiger partial charge in [-0.1, -0.05) is 0 Å². The largest absolute Gasteiger partial charge is 0.319 e. The number of nitrogens with one attached hydrogen (secondary N) is 1. The number of rotatable bonds is 4. The number of hydrogen-bond acceptors (Lipinski definition) is 3. The molecule has 0 aromatic rings. The Morgan fingerprint density at radius 2 is 2.44 bits per heavy atom. The van der Waals surface area contributed by atoms with Crippen LogP contribution in [0.25, 0.3) is 0 Å². The van der Waals surface area contributed by atoms with E-state index in [1.807, 2.05) is 14.0 Å². The van der Waals surface area contributed by atoms with E-state index in [1.54, 1.807) is 11.8 Å². The Balaban J connectivity index is 2.99. The standard InChI is InChI=1S/C6H12N2S/c1-6(5-7)9-4-3-8-2/h6,8H,3-4H2,1-2H3. The van der Waals surface area contributed by atoms with Gasteiger partial charge in [-0.2, -0.15) is 5.26 Å². The maximum absolute atomic E-state index is 8.34. The van der Waals surface area contributed by atoms with Crippen molar-refractivity contribution in [1.29, 1.82) is 5.26 Å². The topological polar surface area (TPSA) is 35.8 Å². The van der Waals surface area contributed by atoms with Gasteiger partial charge >= 0.3 is 0 Å². The minimum Gasteiger partial charge on any atom is -0.319 e. The molecule has 52 valence electrons. The van der Waals surface area contributed by atoms with Gasteiger partial charge in [-0.3, -0.25) is 0 Å². The Bertz CT molecular complexity index is 97.7. The predicted octanol–water partition coefficient (Wildman–Crippen LogP) is 0.851. The van der Waals surface area contributed by atoms with Crippen molar-refractivity contribution in [2.75, 3.05) is 19.3 Å². The van der Waals surface area contributed by atoms with E-state index in [-0.39, 0.29) is 5.25 Å². The highest BCUT2D eigenvalue weighted by molar-refractivity contribution is 8.00. The fourth-order valence-corrected chi connectivity index (χ4v) is 1.13. The molecule has 0 aliphatic rings. The van der Waals surface area contributed by atoms with Crippen LogP contribution in [0, 0.1) is 11.3 Å². The number of nitrogens with zero attached hydrogens (tertiary/aromatic N) is 1. The van der Waals surface area contributed by atoms with Crippen molar-refractivity contribution < 1.29 is 0 Å². The molecule has 0 aromatic carbocycles. The van der Waals surface area contributed by atoms with Crippen LogP contribution in [0.15, 0.2) is 0 Å². The third-order valence-electron chi connectivity index (χ3n) is 0.902. The maximum atomic E-state index is 8.34. The predicted molar refractivity (Wildman–Crippen MR) is 41.5 cm³/mol. The molecule has 2 nitrogen and oxygen atoms in total. The van der Waals surface area contributed by atoms with E-state index in [2.05, 4.69) is 11.4 Å². The molecule has 0 heterocycles. The first kappa shape index (κ1) is 8.80. The van der Waals surface area contributed by atoms with Gasteiger partial charge in [0.2, 0.25) is 0 Å². The highest BCUT2D eigenvalue weighted by atomic mass is 32.2. The van der Waals surface area contributed by atoms with E-state index in [4.69, 9.17) is 5.26 Å². The zero-order chi connectivity index (χ0) is 7.11. The highest BCUT2D eigenvalue weighted by Crippen LogP contribution is 2.06. The van der Waals surface area contributed by atoms with Gasteiger partial charge in [0.1, 0.15) is 0 Å². The Labute approximate surface area is 60.6 Å². The van der Waals surface area contributed by atoms with Crippen molar-refractivity contribution in [3.63, 3.8) is 0 Å². The number of thioether (sulfide) groups is 1. The minimum absolute atomic E-state index is 0.137. The normalized spacial score (nSPS) is 12.6. The highest BCUT2D eigenvalue weighted by Gasteiger charge is 1.96. The third kappa shape index (κ3) is 5.67. The summed E-state index contributed by atoms with van der Waals surface area (Å²) in [7, 11) is 1.91. The lowest BCUT2D eigenvalue weighted by atomic mass is 10.5. The first-order chi connectivity index (χ1) is 4.31. The van der Waals surface area contributed by atoms with Crippen LogP contribution in [0.4, 0.5) is 0 Å². The molecular formula is C6H12N2S. The lowest BCUT2D eigenvalue weighted by Crippen LogP contribution is -2.11. The van der Waals surface area contributed by atoms with Crippen LogP contribution < -0.4 is 5.32 Å². The molecule has 0 saturated carbocycles. The lowest BCUT2D eigenvalue weighted by Gasteiger charge is -1.99. The van der Waals surface area contributed by atoms with E-state index >= 15 is 0 Å². The van der Waals surface area contributed by atoms with Crippen LogP contribution in [0.1, 0.15) is 6.92 Å². The average molecular weight is 144 g/mol. The van der Waals surface area contributed by atoms with Gasteiger partial charge in [0.05, 0.1) is 11.3 Å². The molecule has 0 fully saturated rings. The summed E-state index contributed by atoms with van der Waals surface area (Å²) in [5, 5.41) is 11.5. The molecule has 0 aromatic heterocycles. The van der Waals surface area contributed by atoms with Gasteiger partial charge in [-0.15, -0.1) is 11.8 Å². The molecule has 1 unspecified atom stereocenters. The molecule has 0 saturated heterocycles. The molecule has 0 aliphatic heterocycles. The zero-order valence-electron chi connectivity index (χ0n) is 5.85. The molecule has 0 spiro atoms. The van der Waals surface area contributed by atoms with Crippen molar-refractivity contribution in [1.82, 2.24) is 5.32 Å². The van der Waals surface area contributed by atoms with E-state index in [0.29, 0.717) is 0 Å². The van der Waals surface area contributed by atoms with Crippen LogP contribution in [-0.2, 0) is 0 Å². The van der Waals surface area contributed by atoms with Crippen molar-refractivity contribution in [2.24, 2.45) is 0 Å². The molecule has 0 aliphatic carbocycles. The molecular weight excluding hydrogens is 132 g/mol. The molecule has 9 heavy (non-hydrogen) atoms. The van der Waals surface area contributed by atoms with Crippen molar-refractivity contribution >= 4 is 11.8 Å². The Morgan fingerprint density at radius 1 is 1.78 bits per heavy atom. The first-order valence-electron chi connectivity index (χ1n) is 2.97. The van der Waals surface area contributed by atoms with Gasteiger partial charge in [-0.05, 0) is 14.0 Å². The summed E-state index contributed by atoms with van der Waals surface area (Å²) < 4.78 is 0. The van der Waals surface area contributed by atoms with Gasteiger partial charge in [0.15, 0.2) is 0 Å². The summed E-state index contributed by atoms with van der Waals surface area (Å²) in [6, 6.07) is 2.16. The Hall–Kier alpha value is -0.200. The number of nitriles is 1. The van der Waals surface area contributed by atoms with Crippen molar-refractivity contribution in [3.8, 4) is 6.07 Å². The van der Waals surface area contributed by atoms with Crippen LogP contribution >= 0.6 is 11.8 Å². The SMILES string of the molecule is CNCCSC(C)C#N. The summed E-state index contributed by atoms with van der Waals surface area (Å²) in [5.41, 5.74) is 0. The van der Waals surface area contributed by atoms with Crippen LogP contribution in [0.5, 0.6) is 0 Å². The molecule has 0 bridgehead atoms. The molecule has 1 atom stereocenters. The average Bonchev–Trinajstić information content (AvgIpc) is 1.89. The van der Waals surface area contributed by atoms with Crippen molar-refractivity contribution in [2.45, 2.75) is 12.2 Å². The second-order valence-corrected chi connectivity index (χ2v) is 3.19. The van der Waals surface area contributed by atoms with E-state index in [1.165, 1.54) is 0 Å². The van der Waals surface area contributed by atoms with Gasteiger partial charge in [-0.25, -0.2) is 0 Å². The van der Waals surface area contributed by atoms with Gasteiger partial charge in [0.25, 0.3) is 0 Å². The molecule has 0 radical (unpaired) electrons. The summed E-state index contributed by atoms with van der Waals surface area (Å²) in [4.78, 5) is 0. The van der Waals surface area contributed by atoms with Gasteiger partial charge < -0.3 is 5.32 Å². The third-order valence-corrected chi connectivity index (χ3v) is 1.95. The fourth-order valence-electron chi connectivity index (χ4n) is 0.375. The fraction of sp³-hybridized carbons (Fsp3) is 0.833. The monoisotopic (exact) mass is 144 g/mol. The Morgan fingerprint density at radius 3 is 2.89 bits per heavy atom. The molecule has 1 N–H and O–H groups in total. The lowest BCUT2D eigenvalue weighted by molar-refractivity contribution is 0.871. The van der Waals surface area contributed by atoms with Gasteiger partial charge in [0, 0.05) is 12.3 Å². The first-order valence-corrected chi connectivity index (χ1v) is 4.02. The second-order valence-electron chi connectivity index (χ2n) is 1.75. The summed E-state index contributed by atoms with van der Waals surface area (Å²) in [5.74, 6) is 1.02. The van der Waals surface area contributed by atoms with Crippen LogP contribution in [0.2, 0.25) is 0 Å².